The fourth-order valence-electron chi connectivity index (χ4n) is 1.01. The molecule has 0 amide bonds. The van der Waals surface area contributed by atoms with Gasteiger partial charge in [0.1, 0.15) is 0 Å². The van der Waals surface area contributed by atoms with Crippen molar-refractivity contribution in [3.63, 3.8) is 0 Å². The minimum atomic E-state index is -3.80. The molecule has 0 aliphatic carbocycles. The van der Waals surface area contributed by atoms with Crippen molar-refractivity contribution < 1.29 is 12.6 Å². The van der Waals surface area contributed by atoms with E-state index in [4.69, 9.17) is 4.18 Å². The molecule has 2 rings (SSSR count). The lowest BCUT2D eigenvalue weighted by Crippen LogP contribution is -2.07. The van der Waals surface area contributed by atoms with Crippen molar-refractivity contribution in [1.82, 2.24) is 4.98 Å². The SMILES string of the molecule is O=S(=O)(Oc1cccnc1)c1cc(Br)c(Br)s1. The molecule has 0 N–H and O–H groups in total. The Morgan fingerprint density at radius 3 is 2.65 bits per heavy atom. The molecule has 0 unspecified atom stereocenters. The summed E-state index contributed by atoms with van der Waals surface area (Å²) in [6.45, 7) is 0. The molecule has 0 aliphatic heterocycles. The Kier molecular flexibility index (Phi) is 3.86. The van der Waals surface area contributed by atoms with Crippen LogP contribution in [0.4, 0.5) is 0 Å². The molecule has 0 saturated heterocycles. The Morgan fingerprint density at radius 1 is 1.35 bits per heavy atom. The summed E-state index contributed by atoms with van der Waals surface area (Å²) in [6.07, 6.45) is 2.88. The summed E-state index contributed by atoms with van der Waals surface area (Å²) in [5.74, 6) is 0.188. The number of halogens is 2. The Balaban J connectivity index is 2.32. The van der Waals surface area contributed by atoms with Crippen molar-refractivity contribution in [2.75, 3.05) is 0 Å². The van der Waals surface area contributed by atoms with Gasteiger partial charge in [0, 0.05) is 10.7 Å². The zero-order chi connectivity index (χ0) is 12.5. The lowest BCUT2D eigenvalue weighted by Gasteiger charge is -2.03. The van der Waals surface area contributed by atoms with E-state index in [2.05, 4.69) is 36.8 Å². The second-order valence-electron chi connectivity index (χ2n) is 2.91. The maximum atomic E-state index is 11.9. The maximum Gasteiger partial charge on any atom is 0.348 e. The fourth-order valence-corrected chi connectivity index (χ4v) is 4.71. The van der Waals surface area contributed by atoms with Gasteiger partial charge in [-0.05, 0) is 50.1 Å². The van der Waals surface area contributed by atoms with E-state index in [-0.39, 0.29) is 9.96 Å². The van der Waals surface area contributed by atoms with E-state index in [9.17, 15) is 8.42 Å². The van der Waals surface area contributed by atoms with Crippen LogP contribution in [0.1, 0.15) is 0 Å². The number of aromatic nitrogens is 1. The van der Waals surface area contributed by atoms with Crippen molar-refractivity contribution >= 4 is 53.3 Å². The van der Waals surface area contributed by atoms with Crippen molar-refractivity contribution in [1.29, 1.82) is 0 Å². The molecule has 0 bridgehead atoms. The first-order valence-corrected chi connectivity index (χ1v) is 8.09. The zero-order valence-electron chi connectivity index (χ0n) is 8.13. The Labute approximate surface area is 119 Å². The number of nitrogens with zero attached hydrogens (tertiary/aromatic N) is 1. The molecular weight excluding hydrogens is 394 g/mol. The monoisotopic (exact) mass is 397 g/mol. The molecule has 0 spiro atoms. The summed E-state index contributed by atoms with van der Waals surface area (Å²) in [5, 5.41) is 0. The van der Waals surface area contributed by atoms with E-state index in [1.807, 2.05) is 0 Å². The van der Waals surface area contributed by atoms with E-state index in [1.54, 1.807) is 6.07 Å². The van der Waals surface area contributed by atoms with Gasteiger partial charge in [-0.1, -0.05) is 0 Å². The molecule has 0 saturated carbocycles. The Hall–Kier alpha value is -0.440. The smallest absolute Gasteiger partial charge is 0.348 e. The standard InChI is InChI=1S/C9H5Br2NO3S2/c10-7-4-8(16-9(7)11)17(13,14)15-6-2-1-3-12-5-6/h1-5H. The number of hydrogen-bond donors (Lipinski definition) is 0. The maximum absolute atomic E-state index is 11.9. The highest BCUT2D eigenvalue weighted by Crippen LogP contribution is 2.35. The van der Waals surface area contributed by atoms with Crippen LogP contribution in [0, 0.1) is 0 Å². The molecule has 4 nitrogen and oxygen atoms in total. The van der Waals surface area contributed by atoms with Crippen LogP contribution < -0.4 is 4.18 Å². The van der Waals surface area contributed by atoms with Crippen LogP contribution >= 0.6 is 43.2 Å². The summed E-state index contributed by atoms with van der Waals surface area (Å²) < 4.78 is 30.2. The first kappa shape index (κ1) is 13.0. The molecule has 2 aromatic heterocycles. The summed E-state index contributed by atoms with van der Waals surface area (Å²) in [7, 11) is -3.80. The molecule has 8 heteroatoms. The van der Waals surface area contributed by atoms with Gasteiger partial charge in [-0.25, -0.2) is 0 Å². The first-order chi connectivity index (χ1) is 7.99. The minimum absolute atomic E-state index is 0.125. The fraction of sp³-hybridized carbons (Fsp3) is 0. The number of hydrogen-bond acceptors (Lipinski definition) is 5. The third kappa shape index (κ3) is 3.06. The van der Waals surface area contributed by atoms with Gasteiger partial charge in [0.15, 0.2) is 9.96 Å². The van der Waals surface area contributed by atoms with Crippen LogP contribution in [0.5, 0.6) is 5.75 Å². The first-order valence-electron chi connectivity index (χ1n) is 4.28. The van der Waals surface area contributed by atoms with E-state index in [0.29, 0.717) is 8.26 Å². The summed E-state index contributed by atoms with van der Waals surface area (Å²) in [6, 6.07) is 4.62. The van der Waals surface area contributed by atoms with Gasteiger partial charge in [0.05, 0.1) is 9.98 Å². The molecule has 17 heavy (non-hydrogen) atoms. The lowest BCUT2D eigenvalue weighted by atomic mass is 10.5. The van der Waals surface area contributed by atoms with Gasteiger partial charge in [0.25, 0.3) is 0 Å². The number of thiophene rings is 1. The molecule has 2 aromatic rings. The van der Waals surface area contributed by atoms with Gasteiger partial charge >= 0.3 is 10.1 Å². The van der Waals surface area contributed by atoms with Crippen LogP contribution in [0.2, 0.25) is 0 Å². The van der Waals surface area contributed by atoms with Crippen LogP contribution in [-0.2, 0) is 10.1 Å². The van der Waals surface area contributed by atoms with Gasteiger partial charge < -0.3 is 4.18 Å². The van der Waals surface area contributed by atoms with Crippen molar-refractivity contribution in [3.8, 4) is 5.75 Å². The third-order valence-corrected chi connectivity index (χ3v) is 6.65. The second kappa shape index (κ2) is 5.05. The van der Waals surface area contributed by atoms with Gasteiger partial charge in [-0.3, -0.25) is 4.98 Å². The predicted molar refractivity (Wildman–Crippen MR) is 71.8 cm³/mol. The molecule has 0 aliphatic rings. The Bertz CT molecular complexity index is 605. The highest BCUT2D eigenvalue weighted by Gasteiger charge is 2.21. The van der Waals surface area contributed by atoms with Crippen LogP contribution in [-0.4, -0.2) is 13.4 Å². The molecule has 0 fully saturated rings. The summed E-state index contributed by atoms with van der Waals surface area (Å²) >= 11 is 7.54. The molecule has 0 aromatic carbocycles. The summed E-state index contributed by atoms with van der Waals surface area (Å²) in [4.78, 5) is 3.78. The average molecular weight is 399 g/mol. The zero-order valence-corrected chi connectivity index (χ0v) is 12.9. The topological polar surface area (TPSA) is 56.3 Å². The van der Waals surface area contributed by atoms with E-state index >= 15 is 0 Å². The summed E-state index contributed by atoms with van der Waals surface area (Å²) in [5.41, 5.74) is 0. The minimum Gasteiger partial charge on any atom is -0.377 e. The van der Waals surface area contributed by atoms with Gasteiger partial charge in [-0.15, -0.1) is 11.3 Å². The lowest BCUT2D eigenvalue weighted by molar-refractivity contribution is 0.487. The van der Waals surface area contributed by atoms with E-state index in [0.717, 1.165) is 11.3 Å². The van der Waals surface area contributed by atoms with Crippen LogP contribution in [0.3, 0.4) is 0 Å². The van der Waals surface area contributed by atoms with E-state index in [1.165, 1.54) is 24.5 Å². The molecular formula is C9H5Br2NO3S2. The van der Waals surface area contributed by atoms with Crippen molar-refractivity contribution in [2.24, 2.45) is 0 Å². The van der Waals surface area contributed by atoms with Crippen molar-refractivity contribution in [3.05, 3.63) is 38.9 Å². The quantitative estimate of drug-likeness (QED) is 0.743. The van der Waals surface area contributed by atoms with Crippen molar-refractivity contribution in [2.45, 2.75) is 4.21 Å². The highest BCUT2D eigenvalue weighted by molar-refractivity contribution is 9.13. The highest BCUT2D eigenvalue weighted by atomic mass is 79.9. The van der Waals surface area contributed by atoms with Crippen LogP contribution in [0.15, 0.2) is 43.1 Å². The Morgan fingerprint density at radius 2 is 2.12 bits per heavy atom. The van der Waals surface area contributed by atoms with Gasteiger partial charge in [0.2, 0.25) is 0 Å². The van der Waals surface area contributed by atoms with Gasteiger partial charge in [-0.2, -0.15) is 8.42 Å². The third-order valence-electron chi connectivity index (χ3n) is 1.71. The predicted octanol–water partition coefficient (Wildman–Crippen LogP) is 3.44. The number of pyridine rings is 1. The largest absolute Gasteiger partial charge is 0.377 e. The normalized spacial score (nSPS) is 11.4. The van der Waals surface area contributed by atoms with Crippen LogP contribution in [0.25, 0.3) is 0 Å². The molecule has 0 radical (unpaired) electrons. The second-order valence-corrected chi connectivity index (χ2v) is 7.91. The number of rotatable bonds is 3. The molecule has 0 atom stereocenters. The van der Waals surface area contributed by atoms with E-state index < -0.39 is 10.1 Å². The molecule has 90 valence electrons. The average Bonchev–Trinajstić information content (AvgIpc) is 2.61. The molecule has 2 heterocycles.